The van der Waals surface area contributed by atoms with Gasteiger partial charge in [-0.1, -0.05) is 29.1 Å². The minimum atomic E-state index is -0.0647. The van der Waals surface area contributed by atoms with E-state index >= 15 is 0 Å². The lowest BCUT2D eigenvalue weighted by Gasteiger charge is -2.30. The Kier molecular flexibility index (Phi) is 8.02. The molecule has 0 atom stereocenters. The predicted molar refractivity (Wildman–Crippen MR) is 125 cm³/mol. The van der Waals surface area contributed by atoms with Gasteiger partial charge in [0.25, 0.3) is 5.91 Å². The molecular weight excluding hydrogens is 434 g/mol. The topological polar surface area (TPSA) is 69.6 Å². The van der Waals surface area contributed by atoms with Gasteiger partial charge in [-0.25, -0.2) is 0 Å². The van der Waals surface area contributed by atoms with Gasteiger partial charge in [0.2, 0.25) is 5.91 Å². The first kappa shape index (κ1) is 23.6. The molecule has 1 aliphatic heterocycles. The third kappa shape index (κ3) is 5.61. The molecule has 2 amide bonds. The minimum absolute atomic E-state index is 0.0309. The van der Waals surface area contributed by atoms with Gasteiger partial charge in [-0.2, -0.15) is 0 Å². The molecule has 0 unspecified atom stereocenters. The Hall–Kier alpha value is -2.03. The summed E-state index contributed by atoms with van der Waals surface area (Å²) in [4.78, 5) is 32.6. The molecule has 7 nitrogen and oxygen atoms in total. The van der Waals surface area contributed by atoms with Crippen LogP contribution in [0.4, 0.5) is 5.69 Å². The largest absolute Gasteiger partial charge is 0.332 e. The number of anilines is 1. The lowest BCUT2D eigenvalue weighted by molar-refractivity contribution is -0.116. The average molecular weight is 464 g/mol. The Balaban J connectivity index is 2.03. The van der Waals surface area contributed by atoms with Gasteiger partial charge >= 0.3 is 0 Å². The summed E-state index contributed by atoms with van der Waals surface area (Å²) in [6, 6.07) is 5.90. The summed E-state index contributed by atoms with van der Waals surface area (Å²) in [7, 11) is 0. The van der Waals surface area contributed by atoms with Crippen molar-refractivity contribution in [3.63, 3.8) is 0 Å². The summed E-state index contributed by atoms with van der Waals surface area (Å²) in [6.45, 7) is 11.1. The molecule has 0 saturated heterocycles. The van der Waals surface area contributed by atoms with Crippen LogP contribution in [0.15, 0.2) is 18.2 Å². The minimum Gasteiger partial charge on any atom is -0.332 e. The molecule has 2 heterocycles. The quantitative estimate of drug-likeness (QED) is 0.691. The number of rotatable bonds is 3. The van der Waals surface area contributed by atoms with Crippen molar-refractivity contribution in [2.75, 3.05) is 31.1 Å². The van der Waals surface area contributed by atoms with Gasteiger partial charge in [0.15, 0.2) is 0 Å². The highest BCUT2D eigenvalue weighted by Gasteiger charge is 2.26. The van der Waals surface area contributed by atoms with Crippen molar-refractivity contribution >= 4 is 40.6 Å². The fraction of sp³-hybridized carbons (Fsp3) is 0.545. The van der Waals surface area contributed by atoms with Crippen molar-refractivity contribution in [3.8, 4) is 0 Å². The zero-order valence-electron chi connectivity index (χ0n) is 18.6. The molecule has 2 aromatic rings. The number of aryl methyl sites for hydroxylation is 1. The summed E-state index contributed by atoms with van der Waals surface area (Å²) in [5, 5.41) is 4.69. The highest BCUT2D eigenvalue weighted by atomic mass is 35.5. The Labute approximate surface area is 193 Å². The molecule has 0 N–H and O–H groups in total. The van der Waals surface area contributed by atoms with Gasteiger partial charge in [-0.15, -0.1) is 5.10 Å². The average Bonchev–Trinajstić information content (AvgIpc) is 3.19. The van der Waals surface area contributed by atoms with Gasteiger partial charge in [-0.3, -0.25) is 14.5 Å². The number of halogens is 1. The standard InChI is InChI=1S/C22H30ClN5O2S/c1-5-19-21(31-25-24-19)22(30)27-12-11-26(15(2)3)9-6-10-28(16(4)29)20-13-18(23)8-7-17(20)14-27/h7-8,13,15H,5-6,9-12,14H2,1-4H3. The van der Waals surface area contributed by atoms with Crippen LogP contribution in [-0.2, 0) is 17.8 Å². The second kappa shape index (κ2) is 10.5. The van der Waals surface area contributed by atoms with E-state index < -0.39 is 0 Å². The molecule has 3 rings (SSSR count). The van der Waals surface area contributed by atoms with Gasteiger partial charge in [0.05, 0.1) is 11.4 Å². The first-order valence-corrected chi connectivity index (χ1v) is 11.9. The van der Waals surface area contributed by atoms with E-state index in [4.69, 9.17) is 11.6 Å². The number of amides is 2. The third-order valence-electron chi connectivity index (χ3n) is 5.67. The molecule has 0 radical (unpaired) electrons. The van der Waals surface area contributed by atoms with E-state index in [1.165, 1.54) is 0 Å². The molecule has 1 aromatic heterocycles. The number of fused-ring (bicyclic) bond motifs is 1. The van der Waals surface area contributed by atoms with Gasteiger partial charge in [-0.05, 0) is 55.9 Å². The number of aromatic nitrogens is 2. The van der Waals surface area contributed by atoms with Gasteiger partial charge < -0.3 is 9.80 Å². The summed E-state index contributed by atoms with van der Waals surface area (Å²) < 4.78 is 4.00. The molecule has 0 bridgehead atoms. The molecule has 0 saturated carbocycles. The highest BCUT2D eigenvalue weighted by Crippen LogP contribution is 2.28. The maximum atomic E-state index is 13.5. The number of hydrogen-bond donors (Lipinski definition) is 0. The monoisotopic (exact) mass is 463 g/mol. The smallest absolute Gasteiger partial charge is 0.267 e. The van der Waals surface area contributed by atoms with E-state index in [-0.39, 0.29) is 11.8 Å². The number of benzene rings is 1. The second-order valence-electron chi connectivity index (χ2n) is 8.06. The van der Waals surface area contributed by atoms with Crippen molar-refractivity contribution < 1.29 is 9.59 Å². The van der Waals surface area contributed by atoms with Crippen LogP contribution in [0, 0.1) is 0 Å². The lowest BCUT2D eigenvalue weighted by atomic mass is 10.1. The maximum absolute atomic E-state index is 13.5. The Morgan fingerprint density at radius 3 is 2.65 bits per heavy atom. The first-order chi connectivity index (χ1) is 14.8. The van der Waals surface area contributed by atoms with Crippen molar-refractivity contribution in [2.45, 2.75) is 53.1 Å². The van der Waals surface area contributed by atoms with E-state index in [1.807, 2.05) is 30.0 Å². The van der Waals surface area contributed by atoms with E-state index in [9.17, 15) is 9.59 Å². The van der Waals surface area contributed by atoms with Crippen molar-refractivity contribution in [2.24, 2.45) is 0 Å². The van der Waals surface area contributed by atoms with Gasteiger partial charge in [0.1, 0.15) is 4.88 Å². The van der Waals surface area contributed by atoms with Crippen molar-refractivity contribution in [3.05, 3.63) is 39.4 Å². The molecule has 31 heavy (non-hydrogen) atoms. The van der Waals surface area contributed by atoms with Crippen LogP contribution < -0.4 is 4.90 Å². The normalized spacial score (nSPS) is 16.2. The molecule has 0 fully saturated rings. The van der Waals surface area contributed by atoms with E-state index in [0.717, 1.165) is 48.0 Å². The van der Waals surface area contributed by atoms with Crippen LogP contribution in [0.2, 0.25) is 5.02 Å². The Bertz CT molecular complexity index is 932. The lowest BCUT2D eigenvalue weighted by Crippen LogP contribution is -2.41. The zero-order chi connectivity index (χ0) is 22.5. The van der Waals surface area contributed by atoms with Gasteiger partial charge in [0, 0.05) is 50.7 Å². The van der Waals surface area contributed by atoms with Crippen molar-refractivity contribution in [1.29, 1.82) is 0 Å². The number of carbonyl (C=O) groups excluding carboxylic acids is 2. The SMILES string of the molecule is CCc1nnsc1C(=O)N1CCN(C(C)C)CCCN(C(C)=O)c2cc(Cl)ccc2C1. The van der Waals surface area contributed by atoms with Crippen LogP contribution in [0.3, 0.4) is 0 Å². The predicted octanol–water partition coefficient (Wildman–Crippen LogP) is 3.86. The van der Waals surface area contributed by atoms with Crippen LogP contribution in [0.5, 0.6) is 0 Å². The molecule has 0 aliphatic carbocycles. The molecule has 1 aliphatic rings. The summed E-state index contributed by atoms with van der Waals surface area (Å²) in [5.41, 5.74) is 2.40. The fourth-order valence-electron chi connectivity index (χ4n) is 3.88. The molecule has 9 heteroatoms. The first-order valence-electron chi connectivity index (χ1n) is 10.7. The van der Waals surface area contributed by atoms with Crippen LogP contribution in [0.25, 0.3) is 0 Å². The van der Waals surface area contributed by atoms with Crippen molar-refractivity contribution in [1.82, 2.24) is 19.4 Å². The molecule has 1 aromatic carbocycles. The fourth-order valence-corrected chi connectivity index (χ4v) is 4.77. The molecular formula is C22H30ClN5O2S. The summed E-state index contributed by atoms with van der Waals surface area (Å²) >= 11 is 7.43. The van der Waals surface area contributed by atoms with Crippen LogP contribution in [-0.4, -0.2) is 63.4 Å². The van der Waals surface area contributed by atoms with E-state index in [1.54, 1.807) is 11.8 Å². The van der Waals surface area contributed by atoms with Crippen LogP contribution in [0.1, 0.15) is 55.0 Å². The summed E-state index contributed by atoms with van der Waals surface area (Å²) in [6.07, 6.45) is 1.50. The zero-order valence-corrected chi connectivity index (χ0v) is 20.2. The van der Waals surface area contributed by atoms with E-state index in [2.05, 4.69) is 28.3 Å². The Morgan fingerprint density at radius 1 is 1.19 bits per heavy atom. The Morgan fingerprint density at radius 2 is 1.97 bits per heavy atom. The second-order valence-corrected chi connectivity index (χ2v) is 9.25. The maximum Gasteiger partial charge on any atom is 0.267 e. The highest BCUT2D eigenvalue weighted by molar-refractivity contribution is 7.08. The van der Waals surface area contributed by atoms with Crippen LogP contribution >= 0.6 is 23.1 Å². The van der Waals surface area contributed by atoms with E-state index in [0.29, 0.717) is 42.0 Å². The molecule has 168 valence electrons. The third-order valence-corrected chi connectivity index (χ3v) is 6.66. The number of nitrogens with zero attached hydrogens (tertiary/aromatic N) is 5. The number of carbonyl (C=O) groups is 2. The molecule has 0 spiro atoms. The summed E-state index contributed by atoms with van der Waals surface area (Å²) in [5.74, 6) is -0.0956. The number of hydrogen-bond acceptors (Lipinski definition) is 6.